The second-order valence-electron chi connectivity index (χ2n) is 5.39. The quantitative estimate of drug-likeness (QED) is 0.637. The Balaban J connectivity index is 0.000000753. The van der Waals surface area contributed by atoms with E-state index in [2.05, 4.69) is 17.7 Å². The van der Waals surface area contributed by atoms with Gasteiger partial charge < -0.3 is 0 Å². The van der Waals surface area contributed by atoms with Crippen molar-refractivity contribution < 1.29 is 4.39 Å². The van der Waals surface area contributed by atoms with E-state index in [0.29, 0.717) is 0 Å². The van der Waals surface area contributed by atoms with Gasteiger partial charge in [0.1, 0.15) is 5.82 Å². The summed E-state index contributed by atoms with van der Waals surface area (Å²) in [5.41, 5.74) is 5.03. The van der Waals surface area contributed by atoms with E-state index in [0.717, 1.165) is 52.8 Å². The molecule has 118 valence electrons. The highest BCUT2D eigenvalue weighted by atomic mass is 19.1. The number of nitrogens with zero attached hydrogens (tertiary/aromatic N) is 3. The van der Waals surface area contributed by atoms with Crippen molar-refractivity contribution in [3.8, 4) is 5.69 Å². The summed E-state index contributed by atoms with van der Waals surface area (Å²) < 4.78 is 14.8. The summed E-state index contributed by atoms with van der Waals surface area (Å²) in [7, 11) is 0. The number of rotatable bonds is 1. The van der Waals surface area contributed by atoms with Gasteiger partial charge in [-0.1, -0.05) is 20.4 Å². The Hall–Kier alpha value is -2.49. The summed E-state index contributed by atoms with van der Waals surface area (Å²) in [5, 5.41) is 5.38. The number of aromatic nitrogens is 3. The van der Waals surface area contributed by atoms with Crippen molar-refractivity contribution in [1.29, 1.82) is 0 Å². The first kappa shape index (κ1) is 15.4. The predicted molar refractivity (Wildman–Crippen MR) is 92.1 cm³/mol. The van der Waals surface area contributed by atoms with Crippen molar-refractivity contribution in [2.75, 3.05) is 0 Å². The number of halogens is 1. The summed E-state index contributed by atoms with van der Waals surface area (Å²) in [4.78, 5) is 4.77. The van der Waals surface area contributed by atoms with Crippen LogP contribution in [-0.2, 0) is 6.42 Å². The van der Waals surface area contributed by atoms with Crippen molar-refractivity contribution in [3.63, 3.8) is 0 Å². The lowest BCUT2D eigenvalue weighted by Gasteiger charge is -2.17. The first-order chi connectivity index (χ1) is 11.2. The Morgan fingerprint density at radius 3 is 2.61 bits per heavy atom. The minimum Gasteiger partial charge on any atom is -0.232 e. The summed E-state index contributed by atoms with van der Waals surface area (Å²) in [6.45, 7) is 8.13. The first-order valence-corrected chi connectivity index (χ1v) is 8.04. The van der Waals surface area contributed by atoms with Crippen molar-refractivity contribution in [1.82, 2.24) is 14.8 Å². The molecule has 3 nitrogen and oxygen atoms in total. The van der Waals surface area contributed by atoms with Gasteiger partial charge in [-0.05, 0) is 60.7 Å². The van der Waals surface area contributed by atoms with Gasteiger partial charge in [0.2, 0.25) is 0 Å². The molecule has 0 spiro atoms. The van der Waals surface area contributed by atoms with Gasteiger partial charge >= 0.3 is 0 Å². The number of fused-ring (bicyclic) bond motifs is 2. The molecule has 0 bridgehead atoms. The van der Waals surface area contributed by atoms with Gasteiger partial charge in [0.25, 0.3) is 0 Å². The van der Waals surface area contributed by atoms with Crippen molar-refractivity contribution >= 4 is 16.6 Å². The zero-order valence-electron chi connectivity index (χ0n) is 13.5. The molecule has 2 aromatic heterocycles. The largest absolute Gasteiger partial charge is 0.232 e. The molecule has 4 rings (SSSR count). The fourth-order valence-electron chi connectivity index (χ4n) is 2.87. The second kappa shape index (κ2) is 6.32. The fraction of sp³-hybridized carbons (Fsp3) is 0.263. The van der Waals surface area contributed by atoms with Crippen LogP contribution in [0, 0.1) is 5.82 Å². The number of hydrogen-bond donors (Lipinski definition) is 0. The molecular weight excluding hydrogens is 289 g/mol. The minimum absolute atomic E-state index is 0.253. The highest BCUT2D eigenvalue weighted by molar-refractivity contribution is 5.82. The maximum absolute atomic E-state index is 13.1. The van der Waals surface area contributed by atoms with E-state index in [9.17, 15) is 4.39 Å². The third-order valence-corrected chi connectivity index (χ3v) is 3.97. The summed E-state index contributed by atoms with van der Waals surface area (Å²) >= 11 is 0. The molecule has 1 aliphatic carbocycles. The molecule has 1 aliphatic rings. The van der Waals surface area contributed by atoms with Crippen LogP contribution in [0.15, 0.2) is 43.1 Å². The molecule has 0 saturated carbocycles. The van der Waals surface area contributed by atoms with Crippen LogP contribution in [-0.4, -0.2) is 14.8 Å². The maximum Gasteiger partial charge on any atom is 0.163 e. The Labute approximate surface area is 135 Å². The van der Waals surface area contributed by atoms with Crippen molar-refractivity contribution in [2.24, 2.45) is 0 Å². The Morgan fingerprint density at radius 1 is 1.13 bits per heavy atom. The van der Waals surface area contributed by atoms with Gasteiger partial charge in [-0.25, -0.2) is 14.1 Å². The van der Waals surface area contributed by atoms with Gasteiger partial charge in [0.05, 0.1) is 17.6 Å². The van der Waals surface area contributed by atoms with Gasteiger partial charge in [-0.15, -0.1) is 0 Å². The Kier molecular flexibility index (Phi) is 4.24. The van der Waals surface area contributed by atoms with Crippen LogP contribution in [0.1, 0.15) is 37.9 Å². The smallest absolute Gasteiger partial charge is 0.163 e. The fourth-order valence-corrected chi connectivity index (χ4v) is 2.87. The predicted octanol–water partition coefficient (Wildman–Crippen LogP) is 4.94. The van der Waals surface area contributed by atoms with Gasteiger partial charge in [-0.2, -0.15) is 5.10 Å². The lowest BCUT2D eigenvalue weighted by molar-refractivity contribution is 0.627. The maximum atomic E-state index is 13.1. The molecule has 0 amide bonds. The normalized spacial score (nSPS) is 13.4. The van der Waals surface area contributed by atoms with E-state index in [4.69, 9.17) is 4.98 Å². The first-order valence-electron chi connectivity index (χ1n) is 8.04. The minimum atomic E-state index is -0.253. The number of hydrogen-bond acceptors (Lipinski definition) is 2. The van der Waals surface area contributed by atoms with E-state index in [-0.39, 0.29) is 5.82 Å². The molecule has 0 fully saturated rings. The highest BCUT2D eigenvalue weighted by Crippen LogP contribution is 2.31. The summed E-state index contributed by atoms with van der Waals surface area (Å²) in [6.07, 6.45) is 4.90. The number of benzene rings is 1. The Bertz CT molecular complexity index is 847. The van der Waals surface area contributed by atoms with Crippen LogP contribution in [0.3, 0.4) is 0 Å². The van der Waals surface area contributed by atoms with E-state index >= 15 is 0 Å². The molecule has 0 N–H and O–H groups in total. The third-order valence-electron chi connectivity index (χ3n) is 3.97. The zero-order valence-corrected chi connectivity index (χ0v) is 13.5. The van der Waals surface area contributed by atoms with Gasteiger partial charge in [0, 0.05) is 5.39 Å². The molecule has 0 saturated heterocycles. The van der Waals surface area contributed by atoms with Crippen LogP contribution >= 0.6 is 0 Å². The van der Waals surface area contributed by atoms with Gasteiger partial charge in [-0.3, -0.25) is 0 Å². The number of allylic oxidation sites excluding steroid dienone is 1. The van der Waals surface area contributed by atoms with Crippen LogP contribution in [0.2, 0.25) is 0 Å². The second-order valence-corrected chi connectivity index (χ2v) is 5.39. The lowest BCUT2D eigenvalue weighted by atomic mass is 9.91. The van der Waals surface area contributed by atoms with E-state index in [1.165, 1.54) is 12.1 Å². The third kappa shape index (κ3) is 2.77. The highest BCUT2D eigenvalue weighted by Gasteiger charge is 2.17. The molecule has 0 radical (unpaired) electrons. The summed E-state index contributed by atoms with van der Waals surface area (Å²) in [6, 6.07) is 8.40. The molecular formula is C19H20FN3. The molecule has 4 heteroatoms. The van der Waals surface area contributed by atoms with Crippen LogP contribution in [0.4, 0.5) is 4.39 Å². The molecule has 0 aliphatic heterocycles. The summed E-state index contributed by atoms with van der Waals surface area (Å²) in [5.74, 6) is -0.253. The SMILES string of the molecule is C=C1CCCc2nc3c(cnn3-c3ccc(F)cc3)cc21.CC. The van der Waals surface area contributed by atoms with Crippen LogP contribution in [0.5, 0.6) is 0 Å². The standard InChI is InChI=1S/C17H14FN3.C2H6/c1-11-3-2-4-16-15(11)9-12-10-19-21(17(12)20-16)14-7-5-13(18)6-8-14;1-2/h5-10H,1-4H2;1-2H3. The van der Waals surface area contributed by atoms with Gasteiger partial charge in [0.15, 0.2) is 5.65 Å². The van der Waals surface area contributed by atoms with Crippen molar-refractivity contribution in [3.05, 3.63) is 60.2 Å². The molecule has 2 heterocycles. The molecule has 0 unspecified atom stereocenters. The Morgan fingerprint density at radius 2 is 1.87 bits per heavy atom. The van der Waals surface area contributed by atoms with E-state index in [1.807, 2.05) is 13.8 Å². The zero-order chi connectivity index (χ0) is 16.4. The molecule has 1 aromatic carbocycles. The molecule has 3 aromatic rings. The average Bonchev–Trinajstić information content (AvgIpc) is 2.99. The van der Waals surface area contributed by atoms with E-state index in [1.54, 1.807) is 23.0 Å². The number of aryl methyl sites for hydroxylation is 1. The molecule has 23 heavy (non-hydrogen) atoms. The van der Waals surface area contributed by atoms with Crippen LogP contribution in [0.25, 0.3) is 22.3 Å². The number of pyridine rings is 1. The van der Waals surface area contributed by atoms with E-state index < -0.39 is 0 Å². The lowest BCUT2D eigenvalue weighted by Crippen LogP contribution is -2.06. The van der Waals surface area contributed by atoms with Crippen LogP contribution < -0.4 is 0 Å². The van der Waals surface area contributed by atoms with Crippen molar-refractivity contribution in [2.45, 2.75) is 33.1 Å². The average molecular weight is 309 g/mol. The monoisotopic (exact) mass is 309 g/mol. The topological polar surface area (TPSA) is 30.7 Å². The molecule has 0 atom stereocenters.